The van der Waals surface area contributed by atoms with Crippen LogP contribution in [0.3, 0.4) is 0 Å². The minimum Gasteiger partial charge on any atom is -0.310 e. The van der Waals surface area contributed by atoms with E-state index in [2.05, 4.69) is 10.2 Å². The standard InChI is InChI=1S/C46H23F21N4/c47-40(48,49)28-8-4-7-25(17-28)38-69-68-37(24-5-2-1-3-6-24)71(38)34-15-11-27(12-16-34)39(45(62,63)64,46(65,66)67)26-9-13-33(14-10-26)70(35-20-29(41(50,51)52)18-30(21-35)42(53,54)55)36-22-31(43(56,57)58)19-32(23-36)44(59,60)61/h1-23H. The van der Waals surface area contributed by atoms with Gasteiger partial charge in [-0.3, -0.25) is 4.57 Å². The van der Waals surface area contributed by atoms with Crippen molar-refractivity contribution in [3.05, 3.63) is 178 Å². The summed E-state index contributed by atoms with van der Waals surface area (Å²) in [6.07, 6.45) is -40.5. The number of nitrogens with zero attached hydrogens (tertiary/aromatic N) is 4. The third kappa shape index (κ3) is 10.1. The zero-order valence-electron chi connectivity index (χ0n) is 34.5. The van der Waals surface area contributed by atoms with E-state index in [0.29, 0.717) is 36.4 Å². The number of alkyl halides is 21. The molecular weight excluding hydrogens is 1010 g/mol. The molecule has 7 aromatic rings. The summed E-state index contributed by atoms with van der Waals surface area (Å²) in [5.74, 6) is -0.526. The Kier molecular flexibility index (Phi) is 12.8. The first-order valence-electron chi connectivity index (χ1n) is 19.5. The molecule has 4 nitrogen and oxygen atoms in total. The van der Waals surface area contributed by atoms with E-state index in [-0.39, 0.29) is 81.9 Å². The van der Waals surface area contributed by atoms with Gasteiger partial charge >= 0.3 is 43.2 Å². The van der Waals surface area contributed by atoms with E-state index in [4.69, 9.17) is 0 Å². The zero-order valence-corrected chi connectivity index (χ0v) is 34.5. The van der Waals surface area contributed by atoms with Gasteiger partial charge < -0.3 is 4.90 Å². The van der Waals surface area contributed by atoms with Crippen molar-refractivity contribution in [1.82, 2.24) is 14.8 Å². The number of benzene rings is 6. The third-order valence-electron chi connectivity index (χ3n) is 10.8. The second-order valence-electron chi connectivity index (χ2n) is 15.3. The van der Waals surface area contributed by atoms with E-state index >= 15 is 26.3 Å². The lowest BCUT2D eigenvalue weighted by atomic mass is 9.73. The summed E-state index contributed by atoms with van der Waals surface area (Å²) in [5.41, 5.74) is -22.9. The number of halogens is 21. The van der Waals surface area contributed by atoms with Gasteiger partial charge in [0.05, 0.1) is 27.8 Å². The maximum absolute atomic E-state index is 15.5. The molecule has 0 aliphatic carbocycles. The first kappa shape index (κ1) is 51.6. The van der Waals surface area contributed by atoms with Crippen LogP contribution in [0.1, 0.15) is 38.9 Å². The molecule has 374 valence electrons. The van der Waals surface area contributed by atoms with Crippen LogP contribution in [-0.2, 0) is 36.3 Å². The molecule has 0 N–H and O–H groups in total. The monoisotopic (exact) mass is 1030 g/mol. The van der Waals surface area contributed by atoms with Gasteiger partial charge in [-0.25, -0.2) is 0 Å². The normalized spacial score (nSPS) is 13.4. The molecule has 71 heavy (non-hydrogen) atoms. The second-order valence-corrected chi connectivity index (χ2v) is 15.3. The Hall–Kier alpha value is -7.21. The molecule has 0 aliphatic heterocycles. The molecule has 0 spiro atoms. The van der Waals surface area contributed by atoms with Gasteiger partial charge in [-0.15, -0.1) is 10.2 Å². The van der Waals surface area contributed by atoms with Crippen LogP contribution in [0.5, 0.6) is 0 Å². The Balaban J connectivity index is 1.44. The number of rotatable bonds is 8. The predicted molar refractivity (Wildman–Crippen MR) is 211 cm³/mol. The van der Waals surface area contributed by atoms with E-state index in [1.807, 2.05) is 0 Å². The van der Waals surface area contributed by atoms with E-state index < -0.39 is 117 Å². The van der Waals surface area contributed by atoms with E-state index in [9.17, 15) is 65.9 Å². The molecule has 0 aliphatic rings. The van der Waals surface area contributed by atoms with Crippen molar-refractivity contribution in [3.63, 3.8) is 0 Å². The van der Waals surface area contributed by atoms with Gasteiger partial charge in [0.25, 0.3) is 0 Å². The molecule has 7 rings (SSSR count). The molecule has 0 bridgehead atoms. The van der Waals surface area contributed by atoms with Crippen molar-refractivity contribution in [2.45, 2.75) is 48.6 Å². The molecule has 0 atom stereocenters. The SMILES string of the molecule is FC(F)(F)c1cccc(-c2nnc(-c3ccccc3)n2-c2ccc(C(c3ccc(N(c4cc(C(F)(F)F)cc(C(F)(F)F)c4)c4cc(C(F)(F)F)cc(C(F)(F)F)c4)cc3)(C(F)(F)F)C(F)(F)F)cc2)c1. The maximum atomic E-state index is 15.5. The van der Waals surface area contributed by atoms with Crippen LogP contribution in [0.25, 0.3) is 28.5 Å². The van der Waals surface area contributed by atoms with Gasteiger partial charge in [0.1, 0.15) is 0 Å². The van der Waals surface area contributed by atoms with Gasteiger partial charge in [0.2, 0.25) is 5.41 Å². The first-order chi connectivity index (χ1) is 32.6. The molecule has 0 saturated heterocycles. The molecule has 6 aromatic carbocycles. The third-order valence-corrected chi connectivity index (χ3v) is 10.8. The topological polar surface area (TPSA) is 34.0 Å². The predicted octanol–water partition coefficient (Wildman–Crippen LogP) is 16.6. The highest BCUT2D eigenvalue weighted by Gasteiger charge is 2.72. The van der Waals surface area contributed by atoms with E-state index in [0.717, 1.165) is 16.7 Å². The Morgan fingerprint density at radius 1 is 0.310 bits per heavy atom. The molecule has 0 unspecified atom stereocenters. The maximum Gasteiger partial charge on any atom is 0.416 e. The Morgan fingerprint density at radius 3 is 1.06 bits per heavy atom. The van der Waals surface area contributed by atoms with Crippen LogP contribution >= 0.6 is 0 Å². The summed E-state index contributed by atoms with van der Waals surface area (Å²) in [7, 11) is 0. The number of aromatic nitrogens is 3. The zero-order chi connectivity index (χ0) is 52.5. The highest BCUT2D eigenvalue weighted by molar-refractivity contribution is 5.79. The van der Waals surface area contributed by atoms with Crippen LogP contribution in [0.4, 0.5) is 109 Å². The number of hydrogen-bond acceptors (Lipinski definition) is 3. The van der Waals surface area contributed by atoms with Gasteiger partial charge in [-0.2, -0.15) is 92.2 Å². The van der Waals surface area contributed by atoms with Crippen LogP contribution in [0.15, 0.2) is 140 Å². The van der Waals surface area contributed by atoms with E-state index in [1.54, 1.807) is 6.07 Å². The van der Waals surface area contributed by atoms with Crippen LogP contribution in [0, 0.1) is 0 Å². The summed E-state index contributed by atoms with van der Waals surface area (Å²) in [6.45, 7) is 0. The van der Waals surface area contributed by atoms with Crippen molar-refractivity contribution >= 4 is 17.1 Å². The van der Waals surface area contributed by atoms with Crippen molar-refractivity contribution in [1.29, 1.82) is 0 Å². The summed E-state index contributed by atoms with van der Waals surface area (Å²) >= 11 is 0. The lowest BCUT2D eigenvalue weighted by Crippen LogP contribution is -2.54. The molecule has 0 fully saturated rings. The lowest BCUT2D eigenvalue weighted by Gasteiger charge is -2.38. The summed E-state index contributed by atoms with van der Waals surface area (Å²) < 4.78 is 303. The highest BCUT2D eigenvalue weighted by atomic mass is 19.4. The quantitative estimate of drug-likeness (QED) is 0.142. The molecular formula is C46H23F21N4. The van der Waals surface area contributed by atoms with Crippen molar-refractivity contribution in [2.24, 2.45) is 0 Å². The van der Waals surface area contributed by atoms with E-state index in [1.165, 1.54) is 24.3 Å². The molecule has 1 heterocycles. The fourth-order valence-electron chi connectivity index (χ4n) is 7.61. The minimum atomic E-state index is -6.42. The fraction of sp³-hybridized carbons (Fsp3) is 0.174. The lowest BCUT2D eigenvalue weighted by molar-refractivity contribution is -0.288. The largest absolute Gasteiger partial charge is 0.416 e. The number of anilines is 3. The van der Waals surface area contributed by atoms with Crippen LogP contribution in [-0.4, -0.2) is 27.1 Å². The van der Waals surface area contributed by atoms with Gasteiger partial charge in [0, 0.05) is 33.9 Å². The van der Waals surface area contributed by atoms with Crippen molar-refractivity contribution in [2.75, 3.05) is 4.90 Å². The molecule has 25 heteroatoms. The number of hydrogen-bond donors (Lipinski definition) is 0. The summed E-state index contributed by atoms with van der Waals surface area (Å²) in [5, 5.41) is 7.96. The average molecular weight is 1030 g/mol. The minimum absolute atomic E-state index is 0.00677. The highest BCUT2D eigenvalue weighted by Crippen LogP contribution is 2.57. The van der Waals surface area contributed by atoms with Gasteiger partial charge in [-0.05, 0) is 83.9 Å². The fourth-order valence-corrected chi connectivity index (χ4v) is 7.61. The van der Waals surface area contributed by atoms with Crippen molar-refractivity contribution < 1.29 is 92.2 Å². The average Bonchev–Trinajstić information content (AvgIpc) is 3.71. The van der Waals surface area contributed by atoms with Gasteiger partial charge in [-0.1, -0.05) is 66.7 Å². The van der Waals surface area contributed by atoms with Gasteiger partial charge in [0.15, 0.2) is 11.6 Å². The van der Waals surface area contributed by atoms with Crippen LogP contribution in [0.2, 0.25) is 0 Å². The van der Waals surface area contributed by atoms with Crippen LogP contribution < -0.4 is 4.90 Å². The first-order valence-corrected chi connectivity index (χ1v) is 19.5. The molecule has 0 amide bonds. The molecule has 0 saturated carbocycles. The molecule has 0 radical (unpaired) electrons. The summed E-state index contributed by atoms with van der Waals surface area (Å²) in [6, 6.07) is 11.8. The second kappa shape index (κ2) is 17.6. The Labute approximate surface area is 384 Å². The Bertz CT molecular complexity index is 2870. The molecule has 1 aromatic heterocycles. The Morgan fingerprint density at radius 2 is 0.676 bits per heavy atom. The smallest absolute Gasteiger partial charge is 0.310 e. The van der Waals surface area contributed by atoms with Crippen molar-refractivity contribution in [3.8, 4) is 28.5 Å². The summed E-state index contributed by atoms with van der Waals surface area (Å²) in [4.78, 5) is -0.0954.